The molecule has 104 valence electrons. The molecule has 0 aliphatic heterocycles. The fraction of sp³-hybridized carbons (Fsp3) is 0.857. The SMILES string of the molecule is O=C(O)C1CCCCC1.O=C(O)CC1CCCC1. The molecule has 0 saturated heterocycles. The summed E-state index contributed by atoms with van der Waals surface area (Å²) in [6, 6.07) is 0. The topological polar surface area (TPSA) is 74.6 Å². The zero-order valence-electron chi connectivity index (χ0n) is 10.9. The highest BCUT2D eigenvalue weighted by Crippen LogP contribution is 2.27. The molecule has 0 aromatic carbocycles. The maximum absolute atomic E-state index is 10.4. The molecule has 4 heteroatoms. The van der Waals surface area contributed by atoms with E-state index in [2.05, 4.69) is 0 Å². The average molecular weight is 256 g/mol. The molecule has 0 bridgehead atoms. The van der Waals surface area contributed by atoms with E-state index in [0.29, 0.717) is 12.3 Å². The average Bonchev–Trinajstić information content (AvgIpc) is 2.83. The van der Waals surface area contributed by atoms with Gasteiger partial charge in [0.2, 0.25) is 0 Å². The molecule has 2 fully saturated rings. The van der Waals surface area contributed by atoms with E-state index in [4.69, 9.17) is 10.2 Å². The van der Waals surface area contributed by atoms with Crippen LogP contribution in [0, 0.1) is 11.8 Å². The number of hydrogen-bond acceptors (Lipinski definition) is 2. The van der Waals surface area contributed by atoms with Crippen molar-refractivity contribution in [3.8, 4) is 0 Å². The number of carboxylic acids is 2. The lowest BCUT2D eigenvalue weighted by Crippen LogP contribution is -2.16. The van der Waals surface area contributed by atoms with Gasteiger partial charge in [-0.2, -0.15) is 0 Å². The molecule has 0 aromatic heterocycles. The molecule has 18 heavy (non-hydrogen) atoms. The van der Waals surface area contributed by atoms with E-state index in [0.717, 1.165) is 38.5 Å². The summed E-state index contributed by atoms with van der Waals surface area (Å²) in [5.41, 5.74) is 0. The number of aliphatic carboxylic acids is 2. The Bertz CT molecular complexity index is 263. The normalized spacial score (nSPS) is 21.1. The second-order valence-corrected chi connectivity index (χ2v) is 5.42. The second-order valence-electron chi connectivity index (χ2n) is 5.42. The van der Waals surface area contributed by atoms with E-state index >= 15 is 0 Å². The zero-order chi connectivity index (χ0) is 13.4. The maximum Gasteiger partial charge on any atom is 0.306 e. The summed E-state index contributed by atoms with van der Waals surface area (Å²) in [4.78, 5) is 20.5. The van der Waals surface area contributed by atoms with E-state index < -0.39 is 11.9 Å². The molecule has 2 rings (SSSR count). The van der Waals surface area contributed by atoms with Crippen LogP contribution in [-0.4, -0.2) is 22.2 Å². The fourth-order valence-electron chi connectivity index (χ4n) is 2.81. The molecule has 2 aliphatic rings. The Labute approximate surface area is 108 Å². The van der Waals surface area contributed by atoms with Crippen molar-refractivity contribution < 1.29 is 19.8 Å². The van der Waals surface area contributed by atoms with Crippen molar-refractivity contribution in [2.75, 3.05) is 0 Å². The quantitative estimate of drug-likeness (QED) is 0.812. The number of carbonyl (C=O) groups is 2. The van der Waals surface area contributed by atoms with Gasteiger partial charge in [-0.25, -0.2) is 0 Å². The lowest BCUT2D eigenvalue weighted by Gasteiger charge is -2.16. The van der Waals surface area contributed by atoms with Crippen LogP contribution in [-0.2, 0) is 9.59 Å². The van der Waals surface area contributed by atoms with Crippen molar-refractivity contribution in [2.45, 2.75) is 64.2 Å². The lowest BCUT2D eigenvalue weighted by atomic mass is 9.90. The van der Waals surface area contributed by atoms with Gasteiger partial charge in [0.15, 0.2) is 0 Å². The molecule has 0 amide bonds. The molecule has 2 aliphatic carbocycles. The van der Waals surface area contributed by atoms with E-state index in [9.17, 15) is 9.59 Å². The molecule has 2 N–H and O–H groups in total. The van der Waals surface area contributed by atoms with Crippen LogP contribution in [0.4, 0.5) is 0 Å². The minimum atomic E-state index is -0.637. The molecular formula is C14H24O4. The first kappa shape index (κ1) is 15.0. The van der Waals surface area contributed by atoms with E-state index in [1.807, 2.05) is 0 Å². The van der Waals surface area contributed by atoms with Crippen molar-refractivity contribution in [1.82, 2.24) is 0 Å². The summed E-state index contributed by atoms with van der Waals surface area (Å²) < 4.78 is 0. The fourth-order valence-corrected chi connectivity index (χ4v) is 2.81. The van der Waals surface area contributed by atoms with Crippen LogP contribution >= 0.6 is 0 Å². The molecule has 0 heterocycles. The third kappa shape index (κ3) is 6.03. The number of hydrogen-bond donors (Lipinski definition) is 2. The summed E-state index contributed by atoms with van der Waals surface area (Å²) in [7, 11) is 0. The molecule has 2 saturated carbocycles. The van der Waals surface area contributed by atoms with E-state index in [-0.39, 0.29) is 5.92 Å². The molecule has 0 unspecified atom stereocenters. The van der Waals surface area contributed by atoms with Gasteiger partial charge >= 0.3 is 11.9 Å². The van der Waals surface area contributed by atoms with Crippen LogP contribution in [0.3, 0.4) is 0 Å². The van der Waals surface area contributed by atoms with Crippen LogP contribution < -0.4 is 0 Å². The van der Waals surface area contributed by atoms with E-state index in [1.165, 1.54) is 19.3 Å². The summed E-state index contributed by atoms with van der Waals surface area (Å²) in [6.45, 7) is 0. The predicted octanol–water partition coefficient (Wildman–Crippen LogP) is 3.30. The Morgan fingerprint density at radius 3 is 1.72 bits per heavy atom. The van der Waals surface area contributed by atoms with Crippen molar-refractivity contribution in [1.29, 1.82) is 0 Å². The van der Waals surface area contributed by atoms with Gasteiger partial charge < -0.3 is 10.2 Å². The predicted molar refractivity (Wildman–Crippen MR) is 68.4 cm³/mol. The maximum atomic E-state index is 10.4. The Morgan fingerprint density at radius 2 is 1.33 bits per heavy atom. The molecule has 0 spiro atoms. The van der Waals surface area contributed by atoms with Gasteiger partial charge in [-0.05, 0) is 31.6 Å². The Kier molecular flexibility index (Phi) is 6.76. The van der Waals surface area contributed by atoms with Crippen molar-refractivity contribution in [3.63, 3.8) is 0 Å². The zero-order valence-corrected chi connectivity index (χ0v) is 10.9. The summed E-state index contributed by atoms with van der Waals surface area (Å²) >= 11 is 0. The van der Waals surface area contributed by atoms with Crippen LogP contribution in [0.5, 0.6) is 0 Å². The van der Waals surface area contributed by atoms with Crippen LogP contribution in [0.2, 0.25) is 0 Å². The molecule has 0 radical (unpaired) electrons. The molecule has 0 aromatic rings. The Morgan fingerprint density at radius 1 is 0.833 bits per heavy atom. The van der Waals surface area contributed by atoms with Gasteiger partial charge in [-0.1, -0.05) is 32.1 Å². The summed E-state index contributed by atoms with van der Waals surface area (Å²) in [5, 5.41) is 16.9. The number of carboxylic acid groups (broad SMARTS) is 2. The third-order valence-corrected chi connectivity index (χ3v) is 3.89. The Balaban J connectivity index is 0.000000180. The monoisotopic (exact) mass is 256 g/mol. The van der Waals surface area contributed by atoms with Gasteiger partial charge in [-0.15, -0.1) is 0 Å². The van der Waals surface area contributed by atoms with Crippen LogP contribution in [0.25, 0.3) is 0 Å². The Hall–Kier alpha value is -1.06. The smallest absolute Gasteiger partial charge is 0.306 e. The minimum Gasteiger partial charge on any atom is -0.481 e. The minimum absolute atomic E-state index is 0.0289. The van der Waals surface area contributed by atoms with Crippen LogP contribution in [0.1, 0.15) is 64.2 Å². The first-order valence-electron chi connectivity index (χ1n) is 7.04. The summed E-state index contributed by atoms with van der Waals surface area (Å²) in [6.07, 6.45) is 10.4. The van der Waals surface area contributed by atoms with Gasteiger partial charge in [0, 0.05) is 6.42 Å². The molecule has 4 nitrogen and oxygen atoms in total. The van der Waals surface area contributed by atoms with Crippen molar-refractivity contribution in [3.05, 3.63) is 0 Å². The van der Waals surface area contributed by atoms with E-state index in [1.54, 1.807) is 0 Å². The van der Waals surface area contributed by atoms with Gasteiger partial charge in [0.05, 0.1) is 5.92 Å². The van der Waals surface area contributed by atoms with Crippen molar-refractivity contribution >= 4 is 11.9 Å². The third-order valence-electron chi connectivity index (χ3n) is 3.89. The largest absolute Gasteiger partial charge is 0.481 e. The molecular weight excluding hydrogens is 232 g/mol. The lowest BCUT2D eigenvalue weighted by molar-refractivity contribution is -0.142. The first-order valence-corrected chi connectivity index (χ1v) is 7.04. The highest BCUT2D eigenvalue weighted by molar-refractivity contribution is 5.69. The number of rotatable bonds is 3. The van der Waals surface area contributed by atoms with Gasteiger partial charge in [-0.3, -0.25) is 9.59 Å². The summed E-state index contributed by atoms with van der Waals surface area (Å²) in [5.74, 6) is -0.780. The highest BCUT2D eigenvalue weighted by atomic mass is 16.4. The highest BCUT2D eigenvalue weighted by Gasteiger charge is 2.19. The van der Waals surface area contributed by atoms with Gasteiger partial charge in [0.25, 0.3) is 0 Å². The van der Waals surface area contributed by atoms with Crippen molar-refractivity contribution in [2.24, 2.45) is 11.8 Å². The van der Waals surface area contributed by atoms with Crippen LogP contribution in [0.15, 0.2) is 0 Å². The second kappa shape index (κ2) is 8.11. The standard InChI is InChI=1S/2C7H12O2/c8-7(9)5-6-3-1-2-4-6;8-7(9)6-4-2-1-3-5-6/h2*6H,1-5H2,(H,8,9). The van der Waals surface area contributed by atoms with Gasteiger partial charge in [0.1, 0.15) is 0 Å². The first-order chi connectivity index (χ1) is 8.59. The molecule has 0 atom stereocenters.